The van der Waals surface area contributed by atoms with Crippen LogP contribution in [-0.4, -0.2) is 16.2 Å². The molecule has 0 spiro atoms. The monoisotopic (exact) mass is 222 g/mol. The number of thioether (sulfide) groups is 1. The van der Waals surface area contributed by atoms with Crippen molar-refractivity contribution in [2.24, 2.45) is 0 Å². The van der Waals surface area contributed by atoms with E-state index in [9.17, 15) is 10.1 Å². The van der Waals surface area contributed by atoms with E-state index in [4.69, 9.17) is 0 Å². The Morgan fingerprint density at radius 2 is 2.33 bits per heavy atom. The highest BCUT2D eigenvalue weighted by atomic mass is 32.2. The molecule has 2 aromatic rings. The fourth-order valence-corrected chi connectivity index (χ4v) is 2.11. The van der Waals surface area contributed by atoms with E-state index in [1.807, 2.05) is 12.5 Å². The largest absolute Gasteiger partial charge is 0.361 e. The molecule has 0 amide bonds. The van der Waals surface area contributed by atoms with Crippen LogP contribution in [0.5, 0.6) is 0 Å². The number of H-pyrrole nitrogens is 1. The Morgan fingerprint density at radius 1 is 1.53 bits per heavy atom. The van der Waals surface area contributed by atoms with Gasteiger partial charge >= 0.3 is 0 Å². The molecule has 1 N–H and O–H groups in total. The number of non-ortho nitro benzene ring substituents is 1. The van der Waals surface area contributed by atoms with E-state index in [1.54, 1.807) is 30.0 Å². The lowest BCUT2D eigenvalue weighted by molar-refractivity contribution is -0.384. The second kappa shape index (κ2) is 3.94. The summed E-state index contributed by atoms with van der Waals surface area (Å²) in [5.74, 6) is 0.914. The molecule has 0 bridgehead atoms. The van der Waals surface area contributed by atoms with Crippen molar-refractivity contribution in [1.29, 1.82) is 0 Å². The number of fused-ring (bicyclic) bond motifs is 1. The Hall–Kier alpha value is -1.49. The summed E-state index contributed by atoms with van der Waals surface area (Å²) in [5, 5.41) is 11.6. The molecule has 0 aliphatic carbocycles. The summed E-state index contributed by atoms with van der Waals surface area (Å²) in [4.78, 5) is 13.2. The predicted molar refractivity (Wildman–Crippen MR) is 62.2 cm³/mol. The number of nitrogens with one attached hydrogen (secondary N) is 1. The van der Waals surface area contributed by atoms with Crippen molar-refractivity contribution in [2.45, 2.75) is 5.75 Å². The quantitative estimate of drug-likeness (QED) is 0.641. The molecule has 0 unspecified atom stereocenters. The first-order valence-electron chi connectivity index (χ1n) is 4.45. The van der Waals surface area contributed by atoms with Crippen LogP contribution in [0.15, 0.2) is 24.4 Å². The summed E-state index contributed by atoms with van der Waals surface area (Å²) < 4.78 is 0. The van der Waals surface area contributed by atoms with E-state index in [2.05, 4.69) is 4.98 Å². The van der Waals surface area contributed by atoms with E-state index in [0.717, 1.165) is 16.7 Å². The third-order valence-corrected chi connectivity index (χ3v) is 2.86. The molecule has 0 aliphatic rings. The minimum Gasteiger partial charge on any atom is -0.361 e. The molecule has 78 valence electrons. The summed E-state index contributed by atoms with van der Waals surface area (Å²) in [5.41, 5.74) is 2.14. The first kappa shape index (κ1) is 10.0. The topological polar surface area (TPSA) is 58.9 Å². The summed E-state index contributed by atoms with van der Waals surface area (Å²) >= 11 is 1.73. The first-order valence-corrected chi connectivity index (χ1v) is 5.85. The molecule has 0 radical (unpaired) electrons. The fraction of sp³-hybridized carbons (Fsp3) is 0.200. The van der Waals surface area contributed by atoms with Gasteiger partial charge in [0.15, 0.2) is 0 Å². The minimum atomic E-state index is -0.380. The second-order valence-electron chi connectivity index (χ2n) is 3.23. The number of rotatable bonds is 3. The normalized spacial score (nSPS) is 10.7. The lowest BCUT2D eigenvalue weighted by Crippen LogP contribution is -1.86. The summed E-state index contributed by atoms with van der Waals surface area (Å²) in [6, 6.07) is 4.91. The van der Waals surface area contributed by atoms with Crippen molar-refractivity contribution in [3.63, 3.8) is 0 Å². The highest BCUT2D eigenvalue weighted by Crippen LogP contribution is 2.25. The van der Waals surface area contributed by atoms with Crippen LogP contribution in [-0.2, 0) is 5.75 Å². The maximum Gasteiger partial charge on any atom is 0.271 e. The maximum absolute atomic E-state index is 10.6. The van der Waals surface area contributed by atoms with Gasteiger partial charge in [0.2, 0.25) is 0 Å². The number of aromatic amines is 1. The zero-order valence-corrected chi connectivity index (χ0v) is 9.00. The van der Waals surface area contributed by atoms with Crippen molar-refractivity contribution in [3.05, 3.63) is 40.1 Å². The minimum absolute atomic E-state index is 0.125. The van der Waals surface area contributed by atoms with Gasteiger partial charge in [-0.05, 0) is 17.9 Å². The highest BCUT2D eigenvalue weighted by molar-refractivity contribution is 7.97. The first-order chi connectivity index (χ1) is 7.22. The van der Waals surface area contributed by atoms with Gasteiger partial charge in [0, 0.05) is 29.5 Å². The number of nitro groups is 1. The molecular formula is C10H10N2O2S. The Balaban J connectivity index is 2.51. The number of hydrogen-bond donors (Lipinski definition) is 1. The van der Waals surface area contributed by atoms with Crippen LogP contribution < -0.4 is 0 Å². The number of benzene rings is 1. The Morgan fingerprint density at radius 3 is 3.00 bits per heavy atom. The van der Waals surface area contributed by atoms with E-state index < -0.39 is 0 Å². The Bertz CT molecular complexity index is 507. The van der Waals surface area contributed by atoms with Crippen molar-refractivity contribution in [3.8, 4) is 0 Å². The van der Waals surface area contributed by atoms with Gasteiger partial charge < -0.3 is 4.98 Å². The van der Waals surface area contributed by atoms with Crippen molar-refractivity contribution >= 4 is 28.4 Å². The molecule has 5 heteroatoms. The molecule has 15 heavy (non-hydrogen) atoms. The summed E-state index contributed by atoms with van der Waals surface area (Å²) in [6.07, 6.45) is 3.94. The van der Waals surface area contributed by atoms with Gasteiger partial charge in [-0.25, -0.2) is 0 Å². The Labute approximate surface area is 90.8 Å². The van der Waals surface area contributed by atoms with Crippen LogP contribution in [0.3, 0.4) is 0 Å². The van der Waals surface area contributed by atoms with E-state index >= 15 is 0 Å². The third-order valence-electron chi connectivity index (χ3n) is 2.26. The number of nitro benzene ring substituents is 1. The molecule has 4 nitrogen and oxygen atoms in total. The van der Waals surface area contributed by atoms with Gasteiger partial charge in [-0.3, -0.25) is 10.1 Å². The lowest BCUT2D eigenvalue weighted by Gasteiger charge is -1.95. The van der Waals surface area contributed by atoms with Gasteiger partial charge in [0.25, 0.3) is 5.69 Å². The summed E-state index contributed by atoms with van der Waals surface area (Å²) in [7, 11) is 0. The smallest absolute Gasteiger partial charge is 0.271 e. The molecule has 2 rings (SSSR count). The Kier molecular flexibility index (Phi) is 2.64. The second-order valence-corrected chi connectivity index (χ2v) is 4.10. The molecule has 0 fully saturated rings. The van der Waals surface area contributed by atoms with Gasteiger partial charge in [0.05, 0.1) is 10.4 Å². The van der Waals surface area contributed by atoms with Gasteiger partial charge in [-0.1, -0.05) is 0 Å². The summed E-state index contributed by atoms with van der Waals surface area (Å²) in [6.45, 7) is 0. The number of hydrogen-bond acceptors (Lipinski definition) is 3. The third kappa shape index (κ3) is 1.83. The van der Waals surface area contributed by atoms with Gasteiger partial charge in [-0.2, -0.15) is 11.8 Å². The van der Waals surface area contributed by atoms with Crippen molar-refractivity contribution < 1.29 is 4.92 Å². The van der Waals surface area contributed by atoms with Crippen molar-refractivity contribution in [1.82, 2.24) is 4.98 Å². The lowest BCUT2D eigenvalue weighted by atomic mass is 10.2. The molecule has 1 heterocycles. The SMILES string of the molecule is CSCc1c[nH]c2cc([N+](=O)[O-])ccc12. The van der Waals surface area contributed by atoms with E-state index in [0.29, 0.717) is 0 Å². The zero-order chi connectivity index (χ0) is 10.8. The van der Waals surface area contributed by atoms with Gasteiger partial charge in [0.1, 0.15) is 0 Å². The van der Waals surface area contributed by atoms with Gasteiger partial charge in [-0.15, -0.1) is 0 Å². The van der Waals surface area contributed by atoms with Crippen LogP contribution in [0, 0.1) is 10.1 Å². The standard InChI is InChI=1S/C10H10N2O2S/c1-15-6-7-5-11-10-4-8(12(13)14)2-3-9(7)10/h2-5,11H,6H2,1H3. The molecule has 1 aromatic heterocycles. The zero-order valence-electron chi connectivity index (χ0n) is 8.19. The fourth-order valence-electron chi connectivity index (χ4n) is 1.56. The molecular weight excluding hydrogens is 212 g/mol. The van der Waals surface area contributed by atoms with Crippen LogP contribution in [0.4, 0.5) is 5.69 Å². The van der Waals surface area contributed by atoms with E-state index in [-0.39, 0.29) is 10.6 Å². The number of aromatic nitrogens is 1. The van der Waals surface area contributed by atoms with Crippen molar-refractivity contribution in [2.75, 3.05) is 6.26 Å². The average molecular weight is 222 g/mol. The highest BCUT2D eigenvalue weighted by Gasteiger charge is 2.09. The van der Waals surface area contributed by atoms with E-state index in [1.165, 1.54) is 5.56 Å². The molecule has 0 atom stereocenters. The van der Waals surface area contributed by atoms with Crippen LogP contribution >= 0.6 is 11.8 Å². The molecule has 0 saturated carbocycles. The molecule has 0 aliphatic heterocycles. The average Bonchev–Trinajstić information content (AvgIpc) is 2.61. The van der Waals surface area contributed by atoms with Crippen LogP contribution in [0.1, 0.15) is 5.56 Å². The maximum atomic E-state index is 10.6. The van der Waals surface area contributed by atoms with Crippen LogP contribution in [0.25, 0.3) is 10.9 Å². The van der Waals surface area contributed by atoms with Crippen LogP contribution in [0.2, 0.25) is 0 Å². The molecule has 0 saturated heterocycles. The number of nitrogens with zero attached hydrogens (tertiary/aromatic N) is 1. The molecule has 1 aromatic carbocycles. The predicted octanol–water partition coefficient (Wildman–Crippen LogP) is 2.94.